The highest BCUT2D eigenvalue weighted by molar-refractivity contribution is 5.69. The fraction of sp³-hybridized carbons (Fsp3) is 0.381. The molecule has 0 aliphatic carbocycles. The van der Waals surface area contributed by atoms with Crippen LogP contribution in [0.3, 0.4) is 0 Å². The zero-order chi connectivity index (χ0) is 16.5. The van der Waals surface area contributed by atoms with Crippen molar-refractivity contribution in [1.29, 1.82) is 0 Å². The number of carbonyl (C=O) groups is 1. The van der Waals surface area contributed by atoms with E-state index in [2.05, 4.69) is 55.5 Å². The minimum atomic E-state index is -0.0985. The van der Waals surface area contributed by atoms with Crippen molar-refractivity contribution in [3.8, 4) is 0 Å². The van der Waals surface area contributed by atoms with Gasteiger partial charge in [0.1, 0.15) is 0 Å². The monoisotopic (exact) mass is 310 g/mol. The smallest absolute Gasteiger partial charge is 0.305 e. The SMILES string of the molecule is CCOC(=O)CCCC(CC)(c1ccccc1)c1ccccc1. The maximum atomic E-state index is 11.7. The third kappa shape index (κ3) is 4.22. The van der Waals surface area contributed by atoms with E-state index in [9.17, 15) is 4.79 Å². The summed E-state index contributed by atoms with van der Waals surface area (Å²) in [7, 11) is 0. The van der Waals surface area contributed by atoms with Crippen LogP contribution in [0.1, 0.15) is 50.7 Å². The Labute approximate surface area is 139 Å². The fourth-order valence-corrected chi connectivity index (χ4v) is 3.32. The molecule has 2 aromatic rings. The van der Waals surface area contributed by atoms with Gasteiger partial charge in [0.2, 0.25) is 0 Å². The van der Waals surface area contributed by atoms with Gasteiger partial charge in [0, 0.05) is 11.8 Å². The summed E-state index contributed by atoms with van der Waals surface area (Å²) in [6.45, 7) is 4.53. The number of benzene rings is 2. The second-order valence-corrected chi connectivity index (χ2v) is 5.83. The van der Waals surface area contributed by atoms with Crippen LogP contribution in [0.2, 0.25) is 0 Å². The molecule has 2 heteroatoms. The van der Waals surface area contributed by atoms with Gasteiger partial charge >= 0.3 is 5.97 Å². The highest BCUT2D eigenvalue weighted by Crippen LogP contribution is 2.40. The molecular formula is C21H26O2. The molecule has 0 heterocycles. The Morgan fingerprint density at radius 3 is 1.87 bits per heavy atom. The third-order valence-corrected chi connectivity index (χ3v) is 4.55. The summed E-state index contributed by atoms with van der Waals surface area (Å²) in [5, 5.41) is 0. The molecule has 0 N–H and O–H groups in total. The summed E-state index contributed by atoms with van der Waals surface area (Å²) in [4.78, 5) is 11.7. The van der Waals surface area contributed by atoms with Crippen LogP contribution in [0.4, 0.5) is 0 Å². The van der Waals surface area contributed by atoms with E-state index in [0.717, 1.165) is 19.3 Å². The molecule has 0 amide bonds. The Morgan fingerprint density at radius 1 is 0.913 bits per heavy atom. The van der Waals surface area contributed by atoms with E-state index in [1.54, 1.807) is 0 Å². The van der Waals surface area contributed by atoms with E-state index in [-0.39, 0.29) is 11.4 Å². The van der Waals surface area contributed by atoms with Crippen LogP contribution in [0, 0.1) is 0 Å². The number of rotatable bonds is 8. The van der Waals surface area contributed by atoms with Gasteiger partial charge in [-0.1, -0.05) is 67.6 Å². The summed E-state index contributed by atoms with van der Waals surface area (Å²) in [6, 6.07) is 21.2. The standard InChI is InChI=1S/C21H26O2/c1-3-21(18-12-7-5-8-13-18,19-14-9-6-10-15-19)17-11-16-20(22)23-4-2/h5-10,12-15H,3-4,11,16-17H2,1-2H3. The second kappa shape index (κ2) is 8.52. The lowest BCUT2D eigenvalue weighted by Gasteiger charge is -2.34. The molecular weight excluding hydrogens is 284 g/mol. The minimum absolute atomic E-state index is 0.0466. The van der Waals surface area contributed by atoms with Gasteiger partial charge in [-0.25, -0.2) is 0 Å². The molecule has 2 aromatic carbocycles. The molecule has 0 saturated heterocycles. The van der Waals surface area contributed by atoms with Crippen molar-refractivity contribution >= 4 is 5.97 Å². The summed E-state index contributed by atoms with van der Waals surface area (Å²) in [5.74, 6) is -0.0985. The predicted octanol–water partition coefficient (Wildman–Crippen LogP) is 5.12. The fourth-order valence-electron chi connectivity index (χ4n) is 3.32. The zero-order valence-corrected chi connectivity index (χ0v) is 14.1. The summed E-state index contributed by atoms with van der Waals surface area (Å²) < 4.78 is 5.06. The molecule has 0 radical (unpaired) electrons. The molecule has 23 heavy (non-hydrogen) atoms. The maximum absolute atomic E-state index is 11.7. The molecule has 0 bridgehead atoms. The topological polar surface area (TPSA) is 26.3 Å². The lowest BCUT2D eigenvalue weighted by atomic mass is 9.69. The molecule has 0 spiro atoms. The average molecular weight is 310 g/mol. The van der Waals surface area contributed by atoms with Crippen molar-refractivity contribution in [1.82, 2.24) is 0 Å². The Hall–Kier alpha value is -2.09. The third-order valence-electron chi connectivity index (χ3n) is 4.55. The molecule has 0 aromatic heterocycles. The molecule has 0 fully saturated rings. The van der Waals surface area contributed by atoms with Crippen molar-refractivity contribution < 1.29 is 9.53 Å². The van der Waals surface area contributed by atoms with Gasteiger partial charge in [-0.15, -0.1) is 0 Å². The van der Waals surface area contributed by atoms with Gasteiger partial charge in [0.25, 0.3) is 0 Å². The summed E-state index contributed by atoms with van der Waals surface area (Å²) in [5.41, 5.74) is 2.59. The van der Waals surface area contributed by atoms with Crippen LogP contribution in [-0.2, 0) is 14.9 Å². The first-order valence-corrected chi connectivity index (χ1v) is 8.49. The molecule has 122 valence electrons. The number of esters is 1. The van der Waals surface area contributed by atoms with Gasteiger partial charge in [-0.05, 0) is 37.3 Å². The molecule has 0 saturated carbocycles. The van der Waals surface area contributed by atoms with Gasteiger partial charge in [0.05, 0.1) is 6.61 Å². The van der Waals surface area contributed by atoms with Gasteiger partial charge in [-0.2, -0.15) is 0 Å². The van der Waals surface area contributed by atoms with Gasteiger partial charge < -0.3 is 4.74 Å². The Morgan fingerprint density at radius 2 is 1.43 bits per heavy atom. The molecule has 0 atom stereocenters. The first-order valence-electron chi connectivity index (χ1n) is 8.49. The number of hydrogen-bond acceptors (Lipinski definition) is 2. The van der Waals surface area contributed by atoms with E-state index in [1.807, 2.05) is 19.1 Å². The van der Waals surface area contributed by atoms with Crippen molar-refractivity contribution in [3.05, 3.63) is 71.8 Å². The van der Waals surface area contributed by atoms with Crippen LogP contribution < -0.4 is 0 Å². The van der Waals surface area contributed by atoms with E-state index < -0.39 is 0 Å². The lowest BCUT2D eigenvalue weighted by molar-refractivity contribution is -0.143. The first-order chi connectivity index (χ1) is 11.2. The van der Waals surface area contributed by atoms with E-state index >= 15 is 0 Å². The minimum Gasteiger partial charge on any atom is -0.466 e. The first kappa shape index (κ1) is 17.3. The molecule has 0 aliphatic rings. The van der Waals surface area contributed by atoms with Crippen molar-refractivity contribution in [2.75, 3.05) is 6.61 Å². The lowest BCUT2D eigenvalue weighted by Crippen LogP contribution is -2.27. The number of carbonyl (C=O) groups excluding carboxylic acids is 1. The average Bonchev–Trinajstić information content (AvgIpc) is 2.61. The molecule has 0 unspecified atom stereocenters. The normalized spacial score (nSPS) is 11.2. The van der Waals surface area contributed by atoms with Crippen LogP contribution in [0.5, 0.6) is 0 Å². The maximum Gasteiger partial charge on any atom is 0.305 e. The van der Waals surface area contributed by atoms with Crippen LogP contribution in [-0.4, -0.2) is 12.6 Å². The van der Waals surface area contributed by atoms with Crippen LogP contribution in [0.25, 0.3) is 0 Å². The number of hydrogen-bond donors (Lipinski definition) is 0. The van der Waals surface area contributed by atoms with E-state index in [1.165, 1.54) is 11.1 Å². The van der Waals surface area contributed by atoms with Crippen molar-refractivity contribution in [3.63, 3.8) is 0 Å². The molecule has 2 nitrogen and oxygen atoms in total. The van der Waals surface area contributed by atoms with E-state index in [0.29, 0.717) is 13.0 Å². The predicted molar refractivity (Wildman–Crippen MR) is 94.4 cm³/mol. The highest BCUT2D eigenvalue weighted by Gasteiger charge is 2.31. The van der Waals surface area contributed by atoms with Crippen molar-refractivity contribution in [2.24, 2.45) is 0 Å². The summed E-state index contributed by atoms with van der Waals surface area (Å²) >= 11 is 0. The molecule has 2 rings (SSSR count). The molecule has 0 aliphatic heterocycles. The second-order valence-electron chi connectivity index (χ2n) is 5.83. The van der Waals surface area contributed by atoms with Gasteiger partial charge in [0.15, 0.2) is 0 Å². The Kier molecular flexibility index (Phi) is 6.40. The van der Waals surface area contributed by atoms with Crippen molar-refractivity contribution in [2.45, 2.75) is 44.9 Å². The Bertz CT molecular complexity index is 550. The van der Waals surface area contributed by atoms with Crippen LogP contribution in [0.15, 0.2) is 60.7 Å². The van der Waals surface area contributed by atoms with E-state index in [4.69, 9.17) is 4.74 Å². The quantitative estimate of drug-likeness (QED) is 0.633. The highest BCUT2D eigenvalue weighted by atomic mass is 16.5. The van der Waals surface area contributed by atoms with Crippen LogP contribution >= 0.6 is 0 Å². The largest absolute Gasteiger partial charge is 0.466 e. The van der Waals surface area contributed by atoms with Gasteiger partial charge in [-0.3, -0.25) is 4.79 Å². The Balaban J connectivity index is 2.26. The number of ether oxygens (including phenoxy) is 1. The zero-order valence-electron chi connectivity index (χ0n) is 14.1. The summed E-state index contributed by atoms with van der Waals surface area (Å²) in [6.07, 6.45) is 3.26.